The zero-order valence-corrected chi connectivity index (χ0v) is 12.4. The molecule has 1 aromatic heterocycles. The second-order valence-electron chi connectivity index (χ2n) is 5.43. The van der Waals surface area contributed by atoms with Crippen LogP contribution in [0, 0.1) is 5.92 Å². The zero-order valence-electron chi connectivity index (χ0n) is 12.4. The number of rotatable bonds is 5. The normalized spacial score (nSPS) is 22.3. The molecule has 0 radical (unpaired) electrons. The third-order valence-corrected chi connectivity index (χ3v) is 4.01. The molecule has 5 heteroatoms. The van der Waals surface area contributed by atoms with Crippen LogP contribution in [0.1, 0.15) is 56.4 Å². The predicted octanol–water partition coefficient (Wildman–Crippen LogP) is 2.61. The molecule has 1 aliphatic carbocycles. The highest BCUT2D eigenvalue weighted by Crippen LogP contribution is 2.26. The Labute approximate surface area is 120 Å². The number of carbonyl (C=O) groups is 1. The summed E-state index contributed by atoms with van der Waals surface area (Å²) in [6, 6.07) is 3.80. The lowest BCUT2D eigenvalue weighted by molar-refractivity contribution is 0.0915. The smallest absolute Gasteiger partial charge is 0.272 e. The first-order valence-corrected chi connectivity index (χ1v) is 7.61. The lowest BCUT2D eigenvalue weighted by Crippen LogP contribution is -2.38. The largest absolute Gasteiger partial charge is 0.369 e. The summed E-state index contributed by atoms with van der Waals surface area (Å²) in [4.78, 5) is 12.1. The summed E-state index contributed by atoms with van der Waals surface area (Å²) in [6.45, 7) is 5.03. The van der Waals surface area contributed by atoms with Crippen LogP contribution < -0.4 is 10.6 Å². The van der Waals surface area contributed by atoms with E-state index in [9.17, 15) is 4.79 Å². The van der Waals surface area contributed by atoms with Crippen LogP contribution in [0.4, 0.5) is 5.82 Å². The van der Waals surface area contributed by atoms with Crippen molar-refractivity contribution in [2.45, 2.75) is 52.0 Å². The molecule has 1 saturated carbocycles. The number of anilines is 1. The molecule has 20 heavy (non-hydrogen) atoms. The molecule has 0 atom stereocenters. The van der Waals surface area contributed by atoms with E-state index in [2.05, 4.69) is 27.8 Å². The van der Waals surface area contributed by atoms with Crippen molar-refractivity contribution in [3.05, 3.63) is 17.8 Å². The standard InChI is InChI=1S/C15H24N4O/c1-3-11-5-7-12(8-6-11)17-15(20)13-9-10-14(16-4-2)19-18-13/h9-12H,3-8H2,1-2H3,(H,16,19)(H,17,20). The Hall–Kier alpha value is -1.65. The van der Waals surface area contributed by atoms with Gasteiger partial charge < -0.3 is 10.6 Å². The maximum Gasteiger partial charge on any atom is 0.272 e. The number of nitrogens with one attached hydrogen (secondary N) is 2. The molecule has 1 aromatic rings. The fourth-order valence-electron chi connectivity index (χ4n) is 2.70. The average molecular weight is 276 g/mol. The fourth-order valence-corrected chi connectivity index (χ4v) is 2.70. The van der Waals surface area contributed by atoms with E-state index in [1.54, 1.807) is 12.1 Å². The second kappa shape index (κ2) is 7.22. The molecular weight excluding hydrogens is 252 g/mol. The van der Waals surface area contributed by atoms with Crippen LogP contribution in [0.15, 0.2) is 12.1 Å². The molecule has 1 fully saturated rings. The lowest BCUT2D eigenvalue weighted by Gasteiger charge is -2.28. The third kappa shape index (κ3) is 3.92. The van der Waals surface area contributed by atoms with Crippen LogP contribution in [-0.4, -0.2) is 28.7 Å². The lowest BCUT2D eigenvalue weighted by atomic mass is 9.84. The molecule has 0 bridgehead atoms. The van der Waals surface area contributed by atoms with E-state index >= 15 is 0 Å². The molecule has 2 rings (SSSR count). The molecule has 0 unspecified atom stereocenters. The average Bonchev–Trinajstić information content (AvgIpc) is 2.49. The quantitative estimate of drug-likeness (QED) is 0.867. The summed E-state index contributed by atoms with van der Waals surface area (Å²) in [6.07, 6.45) is 5.83. The number of amides is 1. The van der Waals surface area contributed by atoms with Gasteiger partial charge in [-0.25, -0.2) is 0 Å². The van der Waals surface area contributed by atoms with Crippen LogP contribution in [0.3, 0.4) is 0 Å². The van der Waals surface area contributed by atoms with Crippen molar-refractivity contribution in [3.8, 4) is 0 Å². The molecular formula is C15H24N4O. The van der Waals surface area contributed by atoms with E-state index < -0.39 is 0 Å². The van der Waals surface area contributed by atoms with Crippen molar-refractivity contribution in [2.24, 2.45) is 5.92 Å². The van der Waals surface area contributed by atoms with E-state index in [1.807, 2.05) is 6.92 Å². The molecule has 1 heterocycles. The minimum atomic E-state index is -0.111. The fraction of sp³-hybridized carbons (Fsp3) is 0.667. The Bertz CT molecular complexity index is 424. The second-order valence-corrected chi connectivity index (χ2v) is 5.43. The maximum atomic E-state index is 12.1. The number of nitrogens with zero attached hydrogens (tertiary/aromatic N) is 2. The molecule has 0 spiro atoms. The Morgan fingerprint density at radius 1 is 1.20 bits per heavy atom. The van der Waals surface area contributed by atoms with E-state index in [1.165, 1.54) is 19.3 Å². The van der Waals surface area contributed by atoms with Crippen LogP contribution >= 0.6 is 0 Å². The van der Waals surface area contributed by atoms with Crippen molar-refractivity contribution in [3.63, 3.8) is 0 Å². The SMILES string of the molecule is CCNc1ccc(C(=O)NC2CCC(CC)CC2)nn1. The summed E-state index contributed by atoms with van der Waals surface area (Å²) in [5.41, 5.74) is 0.393. The van der Waals surface area contributed by atoms with Gasteiger partial charge in [-0.15, -0.1) is 10.2 Å². The minimum absolute atomic E-state index is 0.111. The Morgan fingerprint density at radius 3 is 2.50 bits per heavy atom. The molecule has 0 aliphatic heterocycles. The summed E-state index contributed by atoms with van der Waals surface area (Å²) < 4.78 is 0. The number of hydrogen-bond acceptors (Lipinski definition) is 4. The molecule has 110 valence electrons. The number of hydrogen-bond donors (Lipinski definition) is 2. The monoisotopic (exact) mass is 276 g/mol. The highest BCUT2D eigenvalue weighted by molar-refractivity contribution is 5.92. The van der Waals surface area contributed by atoms with Gasteiger partial charge in [-0.1, -0.05) is 13.3 Å². The third-order valence-electron chi connectivity index (χ3n) is 4.01. The highest BCUT2D eigenvalue weighted by Gasteiger charge is 2.22. The van der Waals surface area contributed by atoms with Crippen LogP contribution in [0.2, 0.25) is 0 Å². The van der Waals surface area contributed by atoms with Gasteiger partial charge in [0.2, 0.25) is 0 Å². The molecule has 0 saturated heterocycles. The Balaban J connectivity index is 1.85. The van der Waals surface area contributed by atoms with Gasteiger partial charge in [0.15, 0.2) is 5.69 Å². The van der Waals surface area contributed by atoms with Crippen LogP contribution in [0.25, 0.3) is 0 Å². The first-order chi connectivity index (χ1) is 9.72. The highest BCUT2D eigenvalue weighted by atomic mass is 16.2. The van der Waals surface area contributed by atoms with Gasteiger partial charge in [0.1, 0.15) is 5.82 Å². The van der Waals surface area contributed by atoms with Crippen molar-refractivity contribution >= 4 is 11.7 Å². The van der Waals surface area contributed by atoms with Gasteiger partial charge in [0.05, 0.1) is 0 Å². The van der Waals surface area contributed by atoms with Crippen molar-refractivity contribution in [1.29, 1.82) is 0 Å². The van der Waals surface area contributed by atoms with E-state index in [4.69, 9.17) is 0 Å². The van der Waals surface area contributed by atoms with E-state index in [0.29, 0.717) is 17.6 Å². The van der Waals surface area contributed by atoms with Gasteiger partial charge in [0, 0.05) is 12.6 Å². The van der Waals surface area contributed by atoms with Gasteiger partial charge in [-0.3, -0.25) is 4.79 Å². The Morgan fingerprint density at radius 2 is 1.95 bits per heavy atom. The first kappa shape index (κ1) is 14.8. The molecule has 1 amide bonds. The van der Waals surface area contributed by atoms with Crippen molar-refractivity contribution < 1.29 is 4.79 Å². The van der Waals surface area contributed by atoms with Crippen LogP contribution in [-0.2, 0) is 0 Å². The summed E-state index contributed by atoms with van der Waals surface area (Å²) in [5, 5.41) is 14.1. The predicted molar refractivity (Wildman–Crippen MR) is 79.7 cm³/mol. The van der Waals surface area contributed by atoms with Crippen molar-refractivity contribution in [1.82, 2.24) is 15.5 Å². The molecule has 2 N–H and O–H groups in total. The minimum Gasteiger partial charge on any atom is -0.369 e. The summed E-state index contributed by atoms with van der Waals surface area (Å²) >= 11 is 0. The van der Waals surface area contributed by atoms with Crippen molar-refractivity contribution in [2.75, 3.05) is 11.9 Å². The van der Waals surface area contributed by atoms with Gasteiger partial charge in [-0.2, -0.15) is 0 Å². The van der Waals surface area contributed by atoms with Gasteiger partial charge in [0.25, 0.3) is 5.91 Å². The van der Waals surface area contributed by atoms with E-state index in [0.717, 1.165) is 25.3 Å². The summed E-state index contributed by atoms with van der Waals surface area (Å²) in [5.74, 6) is 1.43. The summed E-state index contributed by atoms with van der Waals surface area (Å²) in [7, 11) is 0. The number of carbonyl (C=O) groups excluding carboxylic acids is 1. The Kier molecular flexibility index (Phi) is 5.32. The van der Waals surface area contributed by atoms with E-state index in [-0.39, 0.29) is 5.91 Å². The van der Waals surface area contributed by atoms with Crippen LogP contribution in [0.5, 0.6) is 0 Å². The first-order valence-electron chi connectivity index (χ1n) is 7.61. The zero-order chi connectivity index (χ0) is 14.4. The van der Waals surface area contributed by atoms with Gasteiger partial charge >= 0.3 is 0 Å². The molecule has 0 aromatic carbocycles. The molecule has 5 nitrogen and oxygen atoms in total. The number of aromatic nitrogens is 2. The van der Waals surface area contributed by atoms with Gasteiger partial charge in [-0.05, 0) is 50.7 Å². The maximum absolute atomic E-state index is 12.1. The topological polar surface area (TPSA) is 66.9 Å². The molecule has 1 aliphatic rings.